The fourth-order valence-electron chi connectivity index (χ4n) is 2.81. The molecule has 19 heavy (non-hydrogen) atoms. The normalized spacial score (nSPS) is 23.0. The Morgan fingerprint density at radius 2 is 1.89 bits per heavy atom. The number of amides is 1. The molecule has 0 aliphatic heterocycles. The Morgan fingerprint density at radius 3 is 2.53 bits per heavy atom. The van der Waals surface area contributed by atoms with Gasteiger partial charge in [0.15, 0.2) is 0 Å². The molecular weight excluding hydrogens is 238 g/mol. The van der Waals surface area contributed by atoms with Crippen molar-refractivity contribution in [2.75, 3.05) is 11.9 Å². The molecule has 1 aliphatic carbocycles. The van der Waals surface area contributed by atoms with Gasteiger partial charge in [-0.1, -0.05) is 25.0 Å². The van der Waals surface area contributed by atoms with Gasteiger partial charge in [-0.25, -0.2) is 0 Å². The minimum Gasteiger partial charge on any atom is -0.382 e. The van der Waals surface area contributed by atoms with Gasteiger partial charge in [0.25, 0.3) is 0 Å². The molecule has 1 aliphatic rings. The molecule has 0 bridgehead atoms. The van der Waals surface area contributed by atoms with E-state index in [1.54, 1.807) is 0 Å². The average molecular weight is 261 g/mol. The van der Waals surface area contributed by atoms with E-state index in [0.29, 0.717) is 18.4 Å². The van der Waals surface area contributed by atoms with Gasteiger partial charge in [-0.05, 0) is 43.0 Å². The van der Waals surface area contributed by atoms with Crippen LogP contribution in [-0.4, -0.2) is 18.5 Å². The van der Waals surface area contributed by atoms with Crippen molar-refractivity contribution in [3.63, 3.8) is 0 Å². The topological polar surface area (TPSA) is 81.1 Å². The van der Waals surface area contributed by atoms with E-state index in [4.69, 9.17) is 11.5 Å². The Labute approximate surface area is 114 Å². The van der Waals surface area contributed by atoms with Crippen LogP contribution in [0.4, 0.5) is 5.69 Å². The highest BCUT2D eigenvalue weighted by atomic mass is 16.1. The first-order valence-corrected chi connectivity index (χ1v) is 7.03. The van der Waals surface area contributed by atoms with E-state index in [1.165, 1.54) is 25.7 Å². The Kier molecular flexibility index (Phi) is 4.80. The van der Waals surface area contributed by atoms with Crippen molar-refractivity contribution in [2.45, 2.75) is 38.1 Å². The number of carbonyl (C=O) groups is 1. The van der Waals surface area contributed by atoms with Gasteiger partial charge < -0.3 is 16.8 Å². The van der Waals surface area contributed by atoms with Gasteiger partial charge >= 0.3 is 0 Å². The van der Waals surface area contributed by atoms with Gasteiger partial charge in [-0.3, -0.25) is 4.79 Å². The quantitative estimate of drug-likeness (QED) is 0.753. The molecule has 0 radical (unpaired) electrons. The van der Waals surface area contributed by atoms with E-state index >= 15 is 0 Å². The minimum absolute atomic E-state index is 0.295. The highest BCUT2D eigenvalue weighted by molar-refractivity contribution is 5.76. The smallest absolute Gasteiger partial charge is 0.221 e. The average Bonchev–Trinajstić information content (AvgIpc) is 2.41. The molecule has 104 valence electrons. The van der Waals surface area contributed by atoms with Gasteiger partial charge in [0.1, 0.15) is 0 Å². The molecular formula is C15H23N3O. The van der Waals surface area contributed by atoms with Crippen molar-refractivity contribution >= 4 is 11.6 Å². The lowest BCUT2D eigenvalue weighted by Gasteiger charge is -2.32. The molecule has 0 spiro atoms. The van der Waals surface area contributed by atoms with Gasteiger partial charge in [0, 0.05) is 11.7 Å². The first-order chi connectivity index (χ1) is 9.19. The lowest BCUT2D eigenvalue weighted by molar-refractivity contribution is -0.117. The molecule has 1 aromatic rings. The summed E-state index contributed by atoms with van der Waals surface area (Å²) in [6.07, 6.45) is 5.26. The second kappa shape index (κ2) is 6.57. The Bertz CT molecular complexity index is 416. The third kappa shape index (κ3) is 3.96. The lowest BCUT2D eigenvalue weighted by Crippen LogP contribution is -2.36. The Morgan fingerprint density at radius 1 is 1.21 bits per heavy atom. The number of benzene rings is 1. The summed E-state index contributed by atoms with van der Waals surface area (Å²) in [6.45, 7) is 0.747. The van der Waals surface area contributed by atoms with Crippen molar-refractivity contribution in [3.05, 3.63) is 29.8 Å². The molecule has 4 heteroatoms. The zero-order chi connectivity index (χ0) is 13.7. The van der Waals surface area contributed by atoms with Crippen LogP contribution in [0.2, 0.25) is 0 Å². The maximum absolute atomic E-state index is 10.8. The number of primary amides is 1. The third-order valence-corrected chi connectivity index (χ3v) is 3.90. The Hall–Kier alpha value is -1.55. The SMILES string of the molecule is NCC1CCCCC1Nc1ccc(CC(N)=O)cc1. The largest absolute Gasteiger partial charge is 0.382 e. The maximum atomic E-state index is 10.8. The summed E-state index contributed by atoms with van der Waals surface area (Å²) in [5.41, 5.74) is 13.1. The summed E-state index contributed by atoms with van der Waals surface area (Å²) >= 11 is 0. The molecule has 5 N–H and O–H groups in total. The molecule has 4 nitrogen and oxygen atoms in total. The van der Waals surface area contributed by atoms with Crippen molar-refractivity contribution in [2.24, 2.45) is 17.4 Å². The van der Waals surface area contributed by atoms with Crippen LogP contribution in [0.15, 0.2) is 24.3 Å². The minimum atomic E-state index is -0.295. The third-order valence-electron chi connectivity index (χ3n) is 3.90. The van der Waals surface area contributed by atoms with Crippen LogP contribution in [0.5, 0.6) is 0 Å². The molecule has 0 aromatic heterocycles. The molecule has 1 saturated carbocycles. The van der Waals surface area contributed by atoms with E-state index < -0.39 is 0 Å². The van der Waals surface area contributed by atoms with E-state index in [1.807, 2.05) is 24.3 Å². The van der Waals surface area contributed by atoms with E-state index in [0.717, 1.165) is 17.8 Å². The van der Waals surface area contributed by atoms with Gasteiger partial charge in [0.05, 0.1) is 6.42 Å². The summed E-state index contributed by atoms with van der Waals surface area (Å²) in [4.78, 5) is 10.8. The fourth-order valence-corrected chi connectivity index (χ4v) is 2.81. The van der Waals surface area contributed by atoms with Crippen LogP contribution >= 0.6 is 0 Å². The maximum Gasteiger partial charge on any atom is 0.221 e. The highest BCUT2D eigenvalue weighted by Crippen LogP contribution is 2.26. The lowest BCUT2D eigenvalue weighted by atomic mass is 9.84. The van der Waals surface area contributed by atoms with Crippen LogP contribution in [0.1, 0.15) is 31.2 Å². The summed E-state index contributed by atoms with van der Waals surface area (Å²) in [7, 11) is 0. The van der Waals surface area contributed by atoms with Crippen LogP contribution in [0, 0.1) is 5.92 Å². The number of carbonyl (C=O) groups excluding carboxylic acids is 1. The number of nitrogens with two attached hydrogens (primary N) is 2. The number of rotatable bonds is 5. The predicted molar refractivity (Wildman–Crippen MR) is 77.8 cm³/mol. The van der Waals surface area contributed by atoms with Crippen molar-refractivity contribution in [3.8, 4) is 0 Å². The van der Waals surface area contributed by atoms with Crippen LogP contribution in [0.3, 0.4) is 0 Å². The van der Waals surface area contributed by atoms with Crippen LogP contribution in [0.25, 0.3) is 0 Å². The second-order valence-electron chi connectivity index (χ2n) is 5.37. The molecule has 2 unspecified atom stereocenters. The first-order valence-electron chi connectivity index (χ1n) is 7.03. The van der Waals surface area contributed by atoms with Gasteiger partial charge in [0.2, 0.25) is 5.91 Å². The fraction of sp³-hybridized carbons (Fsp3) is 0.533. The van der Waals surface area contributed by atoms with Crippen LogP contribution in [-0.2, 0) is 11.2 Å². The van der Waals surface area contributed by atoms with Crippen LogP contribution < -0.4 is 16.8 Å². The van der Waals surface area contributed by atoms with E-state index in [-0.39, 0.29) is 5.91 Å². The van der Waals surface area contributed by atoms with Crippen molar-refractivity contribution in [1.82, 2.24) is 0 Å². The standard InChI is InChI=1S/C15H23N3O/c16-10-12-3-1-2-4-14(12)18-13-7-5-11(6-8-13)9-15(17)19/h5-8,12,14,18H,1-4,9-10,16H2,(H2,17,19). The summed E-state index contributed by atoms with van der Waals surface area (Å²) < 4.78 is 0. The summed E-state index contributed by atoms with van der Waals surface area (Å²) in [6, 6.07) is 8.41. The first kappa shape index (κ1) is 13.9. The number of anilines is 1. The zero-order valence-electron chi connectivity index (χ0n) is 11.3. The number of hydrogen-bond acceptors (Lipinski definition) is 3. The van der Waals surface area contributed by atoms with Gasteiger partial charge in [-0.2, -0.15) is 0 Å². The number of nitrogens with one attached hydrogen (secondary N) is 1. The molecule has 0 saturated heterocycles. The Balaban J connectivity index is 1.96. The molecule has 2 rings (SSSR count). The molecule has 1 fully saturated rings. The molecule has 1 amide bonds. The zero-order valence-corrected chi connectivity index (χ0v) is 11.3. The summed E-state index contributed by atoms with van der Waals surface area (Å²) in [5.74, 6) is 0.273. The molecule has 2 atom stereocenters. The second-order valence-corrected chi connectivity index (χ2v) is 5.37. The number of hydrogen-bond donors (Lipinski definition) is 3. The molecule has 1 aromatic carbocycles. The predicted octanol–water partition coefficient (Wildman–Crippen LogP) is 1.64. The van der Waals surface area contributed by atoms with E-state index in [2.05, 4.69) is 5.32 Å². The van der Waals surface area contributed by atoms with Crippen molar-refractivity contribution < 1.29 is 4.79 Å². The van der Waals surface area contributed by atoms with E-state index in [9.17, 15) is 4.79 Å². The van der Waals surface area contributed by atoms with Crippen molar-refractivity contribution in [1.29, 1.82) is 0 Å². The molecule has 0 heterocycles. The monoisotopic (exact) mass is 261 g/mol. The highest BCUT2D eigenvalue weighted by Gasteiger charge is 2.23. The summed E-state index contributed by atoms with van der Waals surface area (Å²) in [5, 5.41) is 3.57. The van der Waals surface area contributed by atoms with Gasteiger partial charge in [-0.15, -0.1) is 0 Å².